The topological polar surface area (TPSA) is 66.5 Å². The minimum absolute atomic E-state index is 0.0657. The summed E-state index contributed by atoms with van der Waals surface area (Å²) in [7, 11) is 0. The van der Waals surface area contributed by atoms with Gasteiger partial charge in [0.25, 0.3) is 11.1 Å². The molecule has 150 valence electrons. The molecule has 2 aromatic rings. The van der Waals surface area contributed by atoms with E-state index >= 15 is 0 Å². The first-order valence-corrected chi connectivity index (χ1v) is 10.2. The van der Waals surface area contributed by atoms with Gasteiger partial charge in [0.05, 0.1) is 10.8 Å². The molecular formula is C22H21FN2O3S. The summed E-state index contributed by atoms with van der Waals surface area (Å²) in [4.78, 5) is 38.4. The van der Waals surface area contributed by atoms with E-state index in [4.69, 9.17) is 0 Å². The summed E-state index contributed by atoms with van der Waals surface area (Å²) in [5, 5.41) is 2.37. The van der Waals surface area contributed by atoms with E-state index in [2.05, 4.69) is 5.32 Å². The molecule has 0 spiro atoms. The zero-order chi connectivity index (χ0) is 20.8. The van der Waals surface area contributed by atoms with Crippen molar-refractivity contribution in [2.45, 2.75) is 19.3 Å². The van der Waals surface area contributed by atoms with Crippen LogP contribution in [0, 0.1) is 5.82 Å². The molecule has 0 saturated carbocycles. The molecule has 1 saturated heterocycles. The molecule has 7 heteroatoms. The van der Waals surface area contributed by atoms with Crippen molar-refractivity contribution in [1.29, 1.82) is 0 Å². The normalized spacial score (nSPS) is 16.3. The van der Waals surface area contributed by atoms with Crippen molar-refractivity contribution in [2.75, 3.05) is 13.1 Å². The van der Waals surface area contributed by atoms with E-state index in [0.717, 1.165) is 22.2 Å². The zero-order valence-electron chi connectivity index (χ0n) is 15.9. The summed E-state index contributed by atoms with van der Waals surface area (Å²) in [6.07, 6.45) is 2.02. The van der Waals surface area contributed by atoms with Gasteiger partial charge in [0, 0.05) is 18.7 Å². The Kier molecular flexibility index (Phi) is 6.82. The van der Waals surface area contributed by atoms with Gasteiger partial charge in [-0.25, -0.2) is 4.39 Å². The molecule has 1 atom stereocenters. The maximum Gasteiger partial charge on any atom is 0.293 e. The van der Waals surface area contributed by atoms with Gasteiger partial charge in [-0.2, -0.15) is 0 Å². The molecule has 1 N–H and O–H groups in total. The Labute approximate surface area is 173 Å². The second-order valence-corrected chi connectivity index (χ2v) is 7.51. The van der Waals surface area contributed by atoms with Gasteiger partial charge < -0.3 is 5.32 Å². The van der Waals surface area contributed by atoms with Crippen LogP contribution in [0.15, 0.2) is 59.5 Å². The van der Waals surface area contributed by atoms with Crippen molar-refractivity contribution >= 4 is 34.9 Å². The average molecular weight is 412 g/mol. The number of hydrogen-bond acceptors (Lipinski definition) is 4. The smallest absolute Gasteiger partial charge is 0.293 e. The van der Waals surface area contributed by atoms with Crippen LogP contribution in [0.5, 0.6) is 0 Å². The Hall–Kier alpha value is -2.93. The van der Waals surface area contributed by atoms with Crippen LogP contribution in [0.2, 0.25) is 0 Å². The number of hydrogen-bond donors (Lipinski definition) is 1. The van der Waals surface area contributed by atoms with Crippen LogP contribution in [0.1, 0.15) is 30.4 Å². The lowest BCUT2D eigenvalue weighted by Gasteiger charge is -2.17. The van der Waals surface area contributed by atoms with Crippen LogP contribution in [0.3, 0.4) is 0 Å². The monoisotopic (exact) mass is 412 g/mol. The number of nitrogens with one attached hydrogen (secondary N) is 1. The molecule has 29 heavy (non-hydrogen) atoms. The summed E-state index contributed by atoms with van der Waals surface area (Å²) in [6.45, 7) is 2.16. The van der Waals surface area contributed by atoms with E-state index in [1.54, 1.807) is 12.1 Å². The molecule has 1 fully saturated rings. The number of thioether (sulfide) groups is 1. The minimum atomic E-state index is -0.479. The second kappa shape index (κ2) is 9.52. The molecule has 0 bridgehead atoms. The van der Waals surface area contributed by atoms with E-state index in [9.17, 15) is 18.8 Å². The molecule has 0 aliphatic carbocycles. The fourth-order valence-electron chi connectivity index (χ4n) is 3.10. The Bertz CT molecular complexity index is 946. The van der Waals surface area contributed by atoms with Crippen molar-refractivity contribution in [3.05, 3.63) is 76.4 Å². The van der Waals surface area contributed by atoms with Gasteiger partial charge in [-0.1, -0.05) is 55.5 Å². The van der Waals surface area contributed by atoms with Crippen LogP contribution < -0.4 is 5.32 Å². The summed E-state index contributed by atoms with van der Waals surface area (Å²) in [5.74, 6) is -1.37. The molecular weight excluding hydrogens is 391 g/mol. The van der Waals surface area contributed by atoms with Crippen LogP contribution in [0.25, 0.3) is 6.08 Å². The molecule has 3 amide bonds. The highest BCUT2D eigenvalue weighted by Gasteiger charge is 2.35. The highest BCUT2D eigenvalue weighted by molar-refractivity contribution is 8.18. The van der Waals surface area contributed by atoms with Crippen molar-refractivity contribution in [1.82, 2.24) is 10.2 Å². The van der Waals surface area contributed by atoms with Gasteiger partial charge in [0.1, 0.15) is 5.82 Å². The Balaban J connectivity index is 1.59. The number of rotatable bonds is 7. The van der Waals surface area contributed by atoms with Crippen LogP contribution in [-0.2, 0) is 9.59 Å². The highest BCUT2D eigenvalue weighted by Crippen LogP contribution is 2.32. The molecule has 3 rings (SSSR count). The van der Waals surface area contributed by atoms with E-state index in [1.165, 1.54) is 18.2 Å². The molecule has 5 nitrogen and oxygen atoms in total. The lowest BCUT2D eigenvalue weighted by molar-refractivity contribution is -0.125. The van der Waals surface area contributed by atoms with Gasteiger partial charge in [0.2, 0.25) is 5.91 Å². The third kappa shape index (κ3) is 4.92. The zero-order valence-corrected chi connectivity index (χ0v) is 16.7. The fraction of sp³-hybridized carbons (Fsp3) is 0.227. The first kappa shape index (κ1) is 20.8. The van der Waals surface area contributed by atoms with Gasteiger partial charge in [-0.3, -0.25) is 19.3 Å². The first-order valence-electron chi connectivity index (χ1n) is 9.33. The summed E-state index contributed by atoms with van der Waals surface area (Å²) < 4.78 is 13.8. The number of halogens is 1. The van der Waals surface area contributed by atoms with Gasteiger partial charge in [-0.15, -0.1) is 0 Å². The van der Waals surface area contributed by atoms with Crippen LogP contribution in [0.4, 0.5) is 9.18 Å². The molecule has 1 heterocycles. The molecule has 1 aliphatic rings. The Morgan fingerprint density at radius 2 is 1.83 bits per heavy atom. The predicted octanol–water partition coefficient (Wildman–Crippen LogP) is 4.17. The third-order valence-electron chi connectivity index (χ3n) is 4.63. The number of imide groups is 1. The van der Waals surface area contributed by atoms with Crippen LogP contribution >= 0.6 is 11.8 Å². The van der Waals surface area contributed by atoms with Gasteiger partial charge >= 0.3 is 0 Å². The molecule has 0 aromatic heterocycles. The summed E-state index contributed by atoms with van der Waals surface area (Å²) in [5.41, 5.74) is 1.17. The molecule has 1 aliphatic heterocycles. The maximum absolute atomic E-state index is 13.8. The third-order valence-corrected chi connectivity index (χ3v) is 5.53. The molecule has 2 aromatic carbocycles. The Morgan fingerprint density at radius 3 is 2.52 bits per heavy atom. The molecule has 0 radical (unpaired) electrons. The van der Waals surface area contributed by atoms with E-state index in [0.29, 0.717) is 6.42 Å². The van der Waals surface area contributed by atoms with Gasteiger partial charge in [-0.05, 0) is 35.9 Å². The first-order chi connectivity index (χ1) is 14.0. The van der Waals surface area contributed by atoms with Crippen LogP contribution in [-0.4, -0.2) is 35.0 Å². The van der Waals surface area contributed by atoms with Crippen molar-refractivity contribution in [3.63, 3.8) is 0 Å². The Morgan fingerprint density at radius 1 is 1.14 bits per heavy atom. The molecule has 1 unspecified atom stereocenters. The van der Waals surface area contributed by atoms with Crippen molar-refractivity contribution in [3.8, 4) is 0 Å². The number of carbonyl (C=O) groups is 3. The lowest BCUT2D eigenvalue weighted by atomic mass is 9.96. The number of amides is 3. The minimum Gasteiger partial charge on any atom is -0.354 e. The quantitative estimate of drug-likeness (QED) is 0.693. The lowest BCUT2D eigenvalue weighted by Crippen LogP contribution is -2.38. The largest absolute Gasteiger partial charge is 0.354 e. The number of benzene rings is 2. The standard InChI is InChI=1S/C22H21FN2O3S/c1-2-17(15-8-4-3-5-9-15)20(26)24-12-13-25-21(27)19(29-22(25)28)14-16-10-6-7-11-18(16)23/h3-11,14,17H,2,12-13H2,1H3,(H,24,26)/b19-14-. The van der Waals surface area contributed by atoms with Crippen molar-refractivity contribution < 1.29 is 18.8 Å². The van der Waals surface area contributed by atoms with E-state index in [1.807, 2.05) is 37.3 Å². The maximum atomic E-state index is 13.8. The second-order valence-electron chi connectivity index (χ2n) is 6.52. The highest BCUT2D eigenvalue weighted by atomic mass is 32.2. The average Bonchev–Trinajstić information content (AvgIpc) is 2.98. The summed E-state index contributed by atoms with van der Waals surface area (Å²) in [6, 6.07) is 15.5. The fourth-order valence-corrected chi connectivity index (χ4v) is 3.95. The SMILES string of the molecule is CCC(C(=O)NCCN1C(=O)S/C(=C\c2ccccc2F)C1=O)c1ccccc1. The summed E-state index contributed by atoms with van der Waals surface area (Å²) >= 11 is 0.771. The number of nitrogens with zero attached hydrogens (tertiary/aromatic N) is 1. The van der Waals surface area contributed by atoms with Crippen molar-refractivity contribution in [2.24, 2.45) is 0 Å². The van der Waals surface area contributed by atoms with Gasteiger partial charge in [0.15, 0.2) is 0 Å². The van der Waals surface area contributed by atoms with E-state index in [-0.39, 0.29) is 35.4 Å². The predicted molar refractivity (Wildman–Crippen MR) is 112 cm³/mol. The number of carbonyl (C=O) groups excluding carboxylic acids is 3. The van der Waals surface area contributed by atoms with E-state index < -0.39 is 17.0 Å².